The molecule has 2 rings (SSSR count). The van der Waals surface area contributed by atoms with E-state index in [1.165, 1.54) is 0 Å². The number of fused-ring (bicyclic) bond motifs is 1. The van der Waals surface area contributed by atoms with Gasteiger partial charge >= 0.3 is 0 Å². The first-order valence-corrected chi connectivity index (χ1v) is 4.06. The summed E-state index contributed by atoms with van der Waals surface area (Å²) in [7, 11) is 0. The van der Waals surface area contributed by atoms with E-state index >= 15 is 0 Å². The Labute approximate surface area is 71.1 Å². The van der Waals surface area contributed by atoms with Crippen LogP contribution < -0.4 is 11.1 Å². The van der Waals surface area contributed by atoms with Crippen LogP contribution in [-0.2, 0) is 6.54 Å². The van der Waals surface area contributed by atoms with Gasteiger partial charge in [-0.2, -0.15) is 0 Å². The molecule has 1 aromatic rings. The van der Waals surface area contributed by atoms with E-state index < -0.39 is 0 Å². The maximum Gasteiger partial charge on any atom is 0.140 e. The fourth-order valence-corrected chi connectivity index (χ4v) is 1.40. The van der Waals surface area contributed by atoms with Gasteiger partial charge in [0.1, 0.15) is 12.0 Å². The Kier molecular flexibility index (Phi) is 1.62. The summed E-state index contributed by atoms with van der Waals surface area (Å²) >= 11 is 0. The molecule has 0 saturated carbocycles. The average Bonchev–Trinajstić information content (AvgIpc) is 2.49. The van der Waals surface area contributed by atoms with E-state index in [0.717, 1.165) is 17.9 Å². The molecule has 1 aromatic heterocycles. The Morgan fingerprint density at radius 3 is 3.33 bits per heavy atom. The second kappa shape index (κ2) is 2.64. The predicted octanol–water partition coefficient (Wildman–Crippen LogP) is 0.728. The highest BCUT2D eigenvalue weighted by Gasteiger charge is 2.15. The maximum atomic E-state index is 5.80. The number of aliphatic imine (C=N–C) groups is 1. The molecule has 3 N–H and O–H groups in total. The summed E-state index contributed by atoms with van der Waals surface area (Å²) in [6.45, 7) is 3.02. The third kappa shape index (κ3) is 0.921. The molecular weight excluding hydrogens is 152 g/mol. The van der Waals surface area contributed by atoms with Crippen LogP contribution in [0.3, 0.4) is 0 Å². The number of aromatic nitrogens is 1. The van der Waals surface area contributed by atoms with Gasteiger partial charge in [0.15, 0.2) is 0 Å². The lowest BCUT2D eigenvalue weighted by atomic mass is 10.2. The molecule has 4 nitrogen and oxygen atoms in total. The molecule has 64 valence electrons. The number of hydrogen-bond donors (Lipinski definition) is 2. The summed E-state index contributed by atoms with van der Waals surface area (Å²) in [5.41, 5.74) is 6.87. The normalized spacial score (nSPS) is 20.3. The molecule has 0 radical (unpaired) electrons. The highest BCUT2D eigenvalue weighted by atomic mass is 15.2. The first-order valence-electron chi connectivity index (χ1n) is 4.06. The minimum absolute atomic E-state index is 0.106. The summed E-state index contributed by atoms with van der Waals surface area (Å²) < 4.78 is 2.08. The molecule has 0 aromatic carbocycles. The third-order valence-corrected chi connectivity index (χ3v) is 2.08. The lowest BCUT2D eigenvalue weighted by Crippen LogP contribution is -2.29. The number of aryl methyl sites for hydroxylation is 1. The van der Waals surface area contributed by atoms with Crippen LogP contribution in [0.25, 0.3) is 0 Å². The molecule has 1 atom stereocenters. The van der Waals surface area contributed by atoms with Crippen molar-refractivity contribution >= 4 is 12.2 Å². The first-order chi connectivity index (χ1) is 5.83. The van der Waals surface area contributed by atoms with Gasteiger partial charge in [-0.1, -0.05) is 0 Å². The zero-order valence-electron chi connectivity index (χ0n) is 6.99. The molecule has 4 heteroatoms. The Morgan fingerprint density at radius 1 is 1.75 bits per heavy atom. The first kappa shape index (κ1) is 7.36. The fraction of sp³-hybridized carbons (Fsp3) is 0.375. The third-order valence-electron chi connectivity index (χ3n) is 2.08. The van der Waals surface area contributed by atoms with E-state index in [0.29, 0.717) is 0 Å². The largest absolute Gasteiger partial charge is 0.357 e. The molecule has 0 saturated heterocycles. The molecule has 0 spiro atoms. The van der Waals surface area contributed by atoms with Crippen molar-refractivity contribution in [2.45, 2.75) is 19.6 Å². The standard InChI is InChI=1S/C8H12N4/c1-2-12-4-3-6-7(9)10-5-11-8(6)12/h3-5,7H,2,9H2,1H3,(H,10,11). The molecule has 0 fully saturated rings. The molecule has 1 aliphatic rings. The second-order valence-electron chi connectivity index (χ2n) is 2.78. The van der Waals surface area contributed by atoms with E-state index in [-0.39, 0.29) is 6.17 Å². The Bertz CT molecular complexity index is 313. The molecule has 2 heterocycles. The topological polar surface area (TPSA) is 55.3 Å². The Morgan fingerprint density at radius 2 is 2.58 bits per heavy atom. The van der Waals surface area contributed by atoms with Crippen LogP contribution in [0.4, 0.5) is 5.82 Å². The van der Waals surface area contributed by atoms with Gasteiger partial charge in [0.25, 0.3) is 0 Å². The van der Waals surface area contributed by atoms with Crippen molar-refractivity contribution in [2.24, 2.45) is 10.7 Å². The van der Waals surface area contributed by atoms with Crippen LogP contribution in [0.15, 0.2) is 17.3 Å². The highest BCUT2D eigenvalue weighted by molar-refractivity contribution is 5.66. The molecule has 0 aliphatic carbocycles. The summed E-state index contributed by atoms with van der Waals surface area (Å²) in [5, 5.41) is 2.95. The van der Waals surface area contributed by atoms with E-state index in [1.807, 2.05) is 12.3 Å². The van der Waals surface area contributed by atoms with Gasteiger partial charge in [-0.05, 0) is 13.0 Å². The molecular formula is C8H12N4. The zero-order chi connectivity index (χ0) is 8.55. The van der Waals surface area contributed by atoms with Crippen LogP contribution in [0.5, 0.6) is 0 Å². The Balaban J connectivity index is 2.50. The maximum absolute atomic E-state index is 5.80. The summed E-state index contributed by atoms with van der Waals surface area (Å²) in [6, 6.07) is 2.01. The highest BCUT2D eigenvalue weighted by Crippen LogP contribution is 2.26. The van der Waals surface area contributed by atoms with Gasteiger partial charge in [-0.25, -0.2) is 4.99 Å². The van der Waals surface area contributed by atoms with Crippen LogP contribution >= 0.6 is 0 Å². The van der Waals surface area contributed by atoms with Gasteiger partial charge in [0.2, 0.25) is 0 Å². The molecule has 12 heavy (non-hydrogen) atoms. The lowest BCUT2D eigenvalue weighted by molar-refractivity contribution is 0.670. The van der Waals surface area contributed by atoms with Crippen molar-refractivity contribution in [2.75, 3.05) is 0 Å². The van der Waals surface area contributed by atoms with Crippen molar-refractivity contribution in [3.8, 4) is 0 Å². The molecule has 1 aliphatic heterocycles. The van der Waals surface area contributed by atoms with Crippen molar-refractivity contribution in [3.63, 3.8) is 0 Å². The zero-order valence-corrected chi connectivity index (χ0v) is 6.99. The van der Waals surface area contributed by atoms with Gasteiger partial charge < -0.3 is 15.6 Å². The van der Waals surface area contributed by atoms with Crippen LogP contribution in [0.1, 0.15) is 18.7 Å². The average molecular weight is 164 g/mol. The van der Waals surface area contributed by atoms with Gasteiger partial charge in [0.05, 0.1) is 6.34 Å². The molecule has 0 bridgehead atoms. The summed E-state index contributed by atoms with van der Waals surface area (Å²) in [4.78, 5) is 4.22. The number of rotatable bonds is 1. The fourth-order valence-electron chi connectivity index (χ4n) is 1.40. The van der Waals surface area contributed by atoms with E-state index in [1.54, 1.807) is 6.34 Å². The van der Waals surface area contributed by atoms with Crippen LogP contribution in [0, 0.1) is 0 Å². The minimum Gasteiger partial charge on any atom is -0.357 e. The van der Waals surface area contributed by atoms with Crippen molar-refractivity contribution < 1.29 is 0 Å². The summed E-state index contributed by atoms with van der Waals surface area (Å²) in [6.07, 6.45) is 3.55. The molecule has 0 amide bonds. The monoisotopic (exact) mass is 164 g/mol. The number of nitrogens with two attached hydrogens (primary N) is 1. The van der Waals surface area contributed by atoms with Crippen molar-refractivity contribution in [1.82, 2.24) is 9.88 Å². The quantitative estimate of drug-likeness (QED) is 0.642. The van der Waals surface area contributed by atoms with Crippen molar-refractivity contribution in [1.29, 1.82) is 0 Å². The number of nitrogens with zero attached hydrogens (tertiary/aromatic N) is 2. The van der Waals surface area contributed by atoms with Gasteiger partial charge in [-0.3, -0.25) is 0 Å². The van der Waals surface area contributed by atoms with E-state index in [4.69, 9.17) is 5.73 Å². The van der Waals surface area contributed by atoms with Crippen LogP contribution in [0.2, 0.25) is 0 Å². The van der Waals surface area contributed by atoms with Gasteiger partial charge in [0, 0.05) is 18.3 Å². The predicted molar refractivity (Wildman–Crippen MR) is 48.3 cm³/mol. The number of hydrogen-bond acceptors (Lipinski definition) is 3. The smallest absolute Gasteiger partial charge is 0.140 e. The van der Waals surface area contributed by atoms with Gasteiger partial charge in [-0.15, -0.1) is 0 Å². The lowest BCUT2D eigenvalue weighted by Gasteiger charge is -2.16. The van der Waals surface area contributed by atoms with E-state index in [9.17, 15) is 0 Å². The van der Waals surface area contributed by atoms with Crippen LogP contribution in [-0.4, -0.2) is 10.9 Å². The Hall–Kier alpha value is -1.29. The number of nitrogens with one attached hydrogen (secondary N) is 1. The van der Waals surface area contributed by atoms with Crippen molar-refractivity contribution in [3.05, 3.63) is 17.8 Å². The second-order valence-corrected chi connectivity index (χ2v) is 2.78. The summed E-state index contributed by atoms with van der Waals surface area (Å²) in [5.74, 6) is 0.976. The van der Waals surface area contributed by atoms with E-state index in [2.05, 4.69) is 21.8 Å². The SMILES string of the molecule is CCn1ccc2c1N=CNC2N. The minimum atomic E-state index is -0.106. The molecule has 1 unspecified atom stereocenters.